The second-order valence-corrected chi connectivity index (χ2v) is 11.1. The van der Waals surface area contributed by atoms with Gasteiger partial charge in [-0.2, -0.15) is 0 Å². The number of methoxy groups -OCH3 is 1. The quantitative estimate of drug-likeness (QED) is 0.130. The van der Waals surface area contributed by atoms with Crippen molar-refractivity contribution < 1.29 is 18.9 Å². The van der Waals surface area contributed by atoms with Crippen LogP contribution in [0.4, 0.5) is 11.5 Å². The molecule has 45 heavy (non-hydrogen) atoms. The number of quaternary nitrogens is 1. The fourth-order valence-electron chi connectivity index (χ4n) is 5.30. The predicted molar refractivity (Wildman–Crippen MR) is 172 cm³/mol. The largest absolute Gasteiger partial charge is 0.633 e. The van der Waals surface area contributed by atoms with E-state index in [0.29, 0.717) is 39.8 Å². The Bertz CT molecular complexity index is 1980. The molecule has 0 aliphatic heterocycles. The zero-order valence-corrected chi connectivity index (χ0v) is 25.1. The van der Waals surface area contributed by atoms with E-state index in [1.807, 2.05) is 43.3 Å². The number of hydrogen-bond donors (Lipinski definition) is 2. The van der Waals surface area contributed by atoms with Crippen molar-refractivity contribution in [2.75, 3.05) is 31.8 Å². The maximum absolute atomic E-state index is 14.2. The molecular formula is C33H33N7O5. The highest BCUT2D eigenvalue weighted by atomic mass is 16.5. The lowest BCUT2D eigenvalue weighted by molar-refractivity contribution is -0.865. The number of fused-ring (bicyclic) bond motifs is 1. The number of aryl methyl sites for hydroxylation is 1. The Morgan fingerprint density at radius 2 is 1.84 bits per heavy atom. The number of aromatic nitrogens is 4. The van der Waals surface area contributed by atoms with Crippen molar-refractivity contribution >= 4 is 28.6 Å². The molecule has 0 radical (unpaired) electrons. The summed E-state index contributed by atoms with van der Waals surface area (Å²) in [5.74, 6) is 1.40. The van der Waals surface area contributed by atoms with Crippen molar-refractivity contribution in [2.24, 2.45) is 0 Å². The van der Waals surface area contributed by atoms with Gasteiger partial charge < -0.3 is 30.4 Å². The monoisotopic (exact) mass is 607 g/mol. The Balaban J connectivity index is 1.37. The minimum Gasteiger partial charge on any atom is -0.633 e. The zero-order valence-electron chi connectivity index (χ0n) is 25.1. The number of rotatable bonds is 10. The van der Waals surface area contributed by atoms with E-state index in [2.05, 4.69) is 15.3 Å². The van der Waals surface area contributed by atoms with Crippen LogP contribution in [-0.2, 0) is 4.79 Å². The van der Waals surface area contributed by atoms with E-state index >= 15 is 0 Å². The number of hydroxylamine groups is 3. The van der Waals surface area contributed by atoms with Gasteiger partial charge in [0.15, 0.2) is 11.5 Å². The molecule has 2 aromatic heterocycles. The minimum absolute atomic E-state index is 0.0984. The van der Waals surface area contributed by atoms with Gasteiger partial charge >= 0.3 is 5.69 Å². The highest BCUT2D eigenvalue weighted by Crippen LogP contribution is 2.32. The molecule has 0 bridgehead atoms. The van der Waals surface area contributed by atoms with Gasteiger partial charge in [0, 0.05) is 36.7 Å². The number of nitrogens with two attached hydrogens (primary N) is 1. The van der Waals surface area contributed by atoms with E-state index in [1.165, 1.54) is 28.6 Å². The molecule has 2 heterocycles. The summed E-state index contributed by atoms with van der Waals surface area (Å²) in [6.45, 7) is 2.07. The molecule has 5 aromatic rings. The zero-order chi connectivity index (χ0) is 31.7. The smallest absolute Gasteiger partial charge is 0.339 e. The topological polar surface area (TPSA) is 149 Å². The molecule has 0 spiro atoms. The molecule has 1 aliphatic carbocycles. The Hall–Kier alpha value is -5.46. The maximum atomic E-state index is 14.2. The van der Waals surface area contributed by atoms with Gasteiger partial charge in [0.25, 0.3) is 0 Å². The molecule has 12 heteroatoms. The van der Waals surface area contributed by atoms with Crippen molar-refractivity contribution in [3.63, 3.8) is 0 Å². The summed E-state index contributed by atoms with van der Waals surface area (Å²) >= 11 is 0. The molecule has 1 aliphatic rings. The molecule has 0 saturated heterocycles. The first kappa shape index (κ1) is 29.6. The molecule has 1 atom stereocenters. The minimum atomic E-state index is -0.449. The van der Waals surface area contributed by atoms with Gasteiger partial charge in [-0.1, -0.05) is 18.2 Å². The SMILES string of the molecule is COc1cc(NC(=O)/C=C/C[N+](C)([O-])C2CC2)cc(-n2c(=O)n(-c3ccc(Oc4ccccc4)cc3C)c3c(N)ncnc32)c1. The Labute approximate surface area is 259 Å². The van der Waals surface area contributed by atoms with Crippen LogP contribution >= 0.6 is 0 Å². The van der Waals surface area contributed by atoms with E-state index in [9.17, 15) is 14.8 Å². The van der Waals surface area contributed by atoms with Gasteiger partial charge in [-0.15, -0.1) is 0 Å². The predicted octanol–water partition coefficient (Wildman–Crippen LogP) is 4.86. The number of carbonyl (C=O) groups is 1. The third kappa shape index (κ3) is 6.14. The Morgan fingerprint density at radius 3 is 2.56 bits per heavy atom. The van der Waals surface area contributed by atoms with Crippen LogP contribution < -0.4 is 26.2 Å². The summed E-state index contributed by atoms with van der Waals surface area (Å²) in [5.41, 5.74) is 8.58. The number of benzene rings is 3. The number of amides is 1. The number of hydrogen-bond acceptors (Lipinski definition) is 8. The molecule has 1 unspecified atom stereocenters. The van der Waals surface area contributed by atoms with Gasteiger partial charge in [0.05, 0.1) is 38.1 Å². The summed E-state index contributed by atoms with van der Waals surface area (Å²) in [7, 11) is 3.11. The summed E-state index contributed by atoms with van der Waals surface area (Å²) in [5, 5.41) is 15.3. The highest BCUT2D eigenvalue weighted by molar-refractivity contribution is 5.99. The van der Waals surface area contributed by atoms with Crippen LogP contribution in [-0.4, -0.2) is 56.4 Å². The lowest BCUT2D eigenvalue weighted by atomic mass is 10.2. The van der Waals surface area contributed by atoms with Gasteiger partial charge in [0.2, 0.25) is 5.91 Å². The second kappa shape index (κ2) is 11.9. The van der Waals surface area contributed by atoms with Gasteiger partial charge in [0.1, 0.15) is 29.1 Å². The maximum Gasteiger partial charge on any atom is 0.339 e. The Morgan fingerprint density at radius 1 is 1.07 bits per heavy atom. The van der Waals surface area contributed by atoms with Gasteiger partial charge in [-0.05, 0) is 55.0 Å². The summed E-state index contributed by atoms with van der Waals surface area (Å²) in [6.07, 6.45) is 6.03. The molecule has 1 saturated carbocycles. The van der Waals surface area contributed by atoms with Crippen LogP contribution in [0.1, 0.15) is 18.4 Å². The van der Waals surface area contributed by atoms with Crippen molar-refractivity contribution in [2.45, 2.75) is 25.8 Å². The lowest BCUT2D eigenvalue weighted by Gasteiger charge is -2.38. The third-order valence-corrected chi connectivity index (χ3v) is 7.75. The van der Waals surface area contributed by atoms with E-state index in [4.69, 9.17) is 15.2 Å². The van der Waals surface area contributed by atoms with Crippen molar-refractivity contribution in [3.05, 3.63) is 106 Å². The van der Waals surface area contributed by atoms with E-state index < -0.39 is 16.2 Å². The van der Waals surface area contributed by atoms with E-state index in [0.717, 1.165) is 18.4 Å². The standard InChI is InChI=1S/C33H33N7O5/c1-21-16-26(45-25-8-5-4-6-9-25)13-14-28(21)39-30-31(34)35-20-36-32(30)38(33(39)42)23-17-22(18-27(19-23)44-3)37-29(41)10-7-15-40(2,43)24-11-12-24/h4-10,13-14,16-20,24H,11-12,15H2,1-3H3,(H,37,41)(H2,34,35,36)/b10-7+. The molecule has 12 nitrogen and oxygen atoms in total. The van der Waals surface area contributed by atoms with Crippen LogP contribution in [0.2, 0.25) is 0 Å². The number of imidazole rings is 1. The number of carbonyl (C=O) groups excluding carboxylic acids is 1. The summed E-state index contributed by atoms with van der Waals surface area (Å²) in [4.78, 5) is 35.5. The number of ether oxygens (including phenoxy) is 2. The van der Waals surface area contributed by atoms with Crippen LogP contribution in [0, 0.1) is 12.1 Å². The molecule has 3 aromatic carbocycles. The number of anilines is 2. The molecular weight excluding hydrogens is 574 g/mol. The molecule has 1 fully saturated rings. The molecule has 3 N–H and O–H groups in total. The normalized spacial score (nSPS) is 14.4. The van der Waals surface area contributed by atoms with E-state index in [-0.39, 0.29) is 24.1 Å². The molecule has 6 rings (SSSR count). The van der Waals surface area contributed by atoms with Gasteiger partial charge in [-0.25, -0.2) is 19.3 Å². The molecule has 230 valence electrons. The summed E-state index contributed by atoms with van der Waals surface area (Å²) in [6, 6.07) is 19.8. The number of nitrogens with one attached hydrogen (secondary N) is 1. The number of para-hydroxylation sites is 1. The van der Waals surface area contributed by atoms with E-state index in [1.54, 1.807) is 43.5 Å². The van der Waals surface area contributed by atoms with Crippen molar-refractivity contribution in [1.29, 1.82) is 0 Å². The van der Waals surface area contributed by atoms with Crippen molar-refractivity contribution in [1.82, 2.24) is 19.1 Å². The number of nitrogens with zero attached hydrogens (tertiary/aromatic N) is 5. The third-order valence-electron chi connectivity index (χ3n) is 7.75. The average Bonchev–Trinajstić information content (AvgIpc) is 3.83. The highest BCUT2D eigenvalue weighted by Gasteiger charge is 2.34. The van der Waals surface area contributed by atoms with Crippen LogP contribution in [0.3, 0.4) is 0 Å². The average molecular weight is 608 g/mol. The van der Waals surface area contributed by atoms with Crippen molar-refractivity contribution in [3.8, 4) is 28.6 Å². The first-order valence-electron chi connectivity index (χ1n) is 14.5. The summed E-state index contributed by atoms with van der Waals surface area (Å²) < 4.78 is 13.9. The van der Waals surface area contributed by atoms with Crippen LogP contribution in [0.25, 0.3) is 22.5 Å². The number of likely N-dealkylation sites (N-methyl/N-ethyl adjacent to an activating group) is 1. The lowest BCUT2D eigenvalue weighted by Crippen LogP contribution is -2.39. The van der Waals surface area contributed by atoms with Crippen LogP contribution in [0.5, 0.6) is 17.2 Å². The first-order chi connectivity index (χ1) is 21.6. The van der Waals surface area contributed by atoms with Gasteiger partial charge in [-0.3, -0.25) is 9.36 Å². The Kier molecular flexibility index (Phi) is 7.83. The fraction of sp³-hybridized carbons (Fsp3) is 0.212. The molecule has 1 amide bonds. The number of nitrogen functional groups attached to an aromatic ring is 1. The van der Waals surface area contributed by atoms with Crippen LogP contribution in [0.15, 0.2) is 90.0 Å². The first-order valence-corrected chi connectivity index (χ1v) is 14.5. The fourth-order valence-corrected chi connectivity index (χ4v) is 5.30. The second-order valence-electron chi connectivity index (χ2n) is 11.1.